The molecule has 0 unspecified atom stereocenters. The van der Waals surface area contributed by atoms with Crippen LogP contribution in [0.3, 0.4) is 0 Å². The first-order valence-corrected chi connectivity index (χ1v) is 14.5. The zero-order valence-electron chi connectivity index (χ0n) is 21.9. The number of anilines is 1. The highest BCUT2D eigenvalue weighted by atomic mass is 35.5. The van der Waals surface area contributed by atoms with E-state index in [0.29, 0.717) is 46.8 Å². The first kappa shape index (κ1) is 27.4. The van der Waals surface area contributed by atoms with Crippen LogP contribution in [-0.4, -0.2) is 71.7 Å². The molecule has 1 saturated carbocycles. The van der Waals surface area contributed by atoms with Crippen LogP contribution in [-0.2, 0) is 13.1 Å². The molecule has 3 fully saturated rings. The smallest absolute Gasteiger partial charge is 0.315 e. The van der Waals surface area contributed by atoms with Gasteiger partial charge in [0.1, 0.15) is 11.6 Å². The molecule has 0 spiro atoms. The molecule has 2 aromatic rings. The third-order valence-corrected chi connectivity index (χ3v) is 8.49. The van der Waals surface area contributed by atoms with Crippen molar-refractivity contribution in [2.24, 2.45) is 0 Å². The SMILES string of the molecule is CC[C@H]1CN(c2ncc(CNC(=O)NC3CC3)cc2Cl)CCN1C1CCN(Cc2ccc(Cl)cc2F)CC1.[HH].[HH]. The number of pyridine rings is 1. The molecule has 210 valence electrons. The maximum atomic E-state index is 14.3. The number of hydrogen-bond acceptors (Lipinski definition) is 5. The van der Waals surface area contributed by atoms with E-state index in [-0.39, 0.29) is 14.7 Å². The van der Waals surface area contributed by atoms with E-state index < -0.39 is 0 Å². The van der Waals surface area contributed by atoms with E-state index in [0.717, 1.165) is 76.2 Å². The van der Waals surface area contributed by atoms with Gasteiger partial charge in [0.15, 0.2) is 0 Å². The van der Waals surface area contributed by atoms with Crippen molar-refractivity contribution >= 4 is 35.1 Å². The Labute approximate surface area is 237 Å². The Balaban J connectivity index is 0.00000220. The van der Waals surface area contributed by atoms with Crippen molar-refractivity contribution < 1.29 is 12.0 Å². The van der Waals surface area contributed by atoms with Crippen molar-refractivity contribution in [3.8, 4) is 0 Å². The van der Waals surface area contributed by atoms with E-state index >= 15 is 0 Å². The van der Waals surface area contributed by atoms with Gasteiger partial charge in [0, 0.05) is 70.5 Å². The number of benzene rings is 1. The first-order chi connectivity index (χ1) is 18.4. The molecule has 1 aliphatic carbocycles. The third kappa shape index (κ3) is 6.89. The number of nitrogens with one attached hydrogen (secondary N) is 2. The highest BCUT2D eigenvalue weighted by molar-refractivity contribution is 6.33. The lowest BCUT2D eigenvalue weighted by Gasteiger charge is -2.47. The summed E-state index contributed by atoms with van der Waals surface area (Å²) >= 11 is 12.6. The first-order valence-electron chi connectivity index (χ1n) is 13.8. The van der Waals surface area contributed by atoms with Crippen LogP contribution in [0.5, 0.6) is 0 Å². The third-order valence-electron chi connectivity index (χ3n) is 7.98. The molecule has 0 radical (unpaired) electrons. The molecule has 1 atom stereocenters. The number of amides is 2. The van der Waals surface area contributed by atoms with E-state index in [1.807, 2.05) is 12.3 Å². The number of carbonyl (C=O) groups excluding carboxylic acids is 1. The fraction of sp³-hybridized carbons (Fsp3) is 0.571. The minimum absolute atomic E-state index is 0. The van der Waals surface area contributed by atoms with Gasteiger partial charge < -0.3 is 15.5 Å². The molecule has 7 nitrogen and oxygen atoms in total. The van der Waals surface area contributed by atoms with Crippen LogP contribution in [0.2, 0.25) is 10.0 Å². The second-order valence-corrected chi connectivity index (χ2v) is 11.6. The summed E-state index contributed by atoms with van der Waals surface area (Å²) in [5, 5.41) is 6.86. The lowest BCUT2D eigenvalue weighted by atomic mass is 9.97. The molecule has 10 heteroatoms. The van der Waals surface area contributed by atoms with Gasteiger partial charge in [-0.3, -0.25) is 9.80 Å². The van der Waals surface area contributed by atoms with Crippen molar-refractivity contribution in [2.75, 3.05) is 37.6 Å². The number of hydrogen-bond donors (Lipinski definition) is 2. The van der Waals surface area contributed by atoms with E-state index in [4.69, 9.17) is 23.2 Å². The van der Waals surface area contributed by atoms with Crippen molar-refractivity contribution in [1.82, 2.24) is 25.4 Å². The van der Waals surface area contributed by atoms with Crippen LogP contribution < -0.4 is 15.5 Å². The largest absolute Gasteiger partial charge is 0.353 e. The molecule has 0 bridgehead atoms. The molecule has 2 amide bonds. The van der Waals surface area contributed by atoms with Crippen molar-refractivity contribution in [3.63, 3.8) is 0 Å². The summed E-state index contributed by atoms with van der Waals surface area (Å²) in [5.74, 6) is 0.591. The summed E-state index contributed by atoms with van der Waals surface area (Å²) in [6, 6.07) is 8.02. The normalized spacial score (nSPS) is 21.5. The number of halogens is 3. The van der Waals surface area contributed by atoms with Gasteiger partial charge in [-0.05, 0) is 69.0 Å². The maximum Gasteiger partial charge on any atom is 0.315 e. The predicted molar refractivity (Wildman–Crippen MR) is 155 cm³/mol. The Bertz CT molecular complexity index is 1140. The molecule has 1 aromatic heterocycles. The van der Waals surface area contributed by atoms with E-state index in [1.165, 1.54) is 6.07 Å². The minimum atomic E-state index is -0.225. The van der Waals surface area contributed by atoms with Gasteiger partial charge in [-0.1, -0.05) is 36.2 Å². The van der Waals surface area contributed by atoms with Gasteiger partial charge in [0.05, 0.1) is 5.02 Å². The van der Waals surface area contributed by atoms with E-state index in [1.54, 1.807) is 12.1 Å². The molecule has 2 N–H and O–H groups in total. The standard InChI is InChI=1S/C28H37Cl2FN6O.2H2/c1-2-23-18-36(27-25(30)13-19(15-32-27)16-33-28(38)34-22-5-6-22)11-12-37(23)24-7-9-35(10-8-24)17-20-3-4-21(29)14-26(20)31;;/h3-4,13-15,22-24H,2,5-12,16-18H2,1H3,(H2,33,34,38);2*1H/t23-;;/m0../s1. The molecule has 5 rings (SSSR count). The van der Waals surface area contributed by atoms with Gasteiger partial charge in [-0.15, -0.1) is 0 Å². The van der Waals surface area contributed by atoms with Crippen LogP contribution >= 0.6 is 23.2 Å². The molecule has 1 aromatic carbocycles. The highest BCUT2D eigenvalue weighted by Crippen LogP contribution is 2.30. The van der Waals surface area contributed by atoms with Crippen LogP contribution in [0.4, 0.5) is 15.0 Å². The van der Waals surface area contributed by atoms with Gasteiger partial charge in [-0.25, -0.2) is 14.2 Å². The quantitative estimate of drug-likeness (QED) is 0.438. The molecule has 2 saturated heterocycles. The molecule has 38 heavy (non-hydrogen) atoms. The summed E-state index contributed by atoms with van der Waals surface area (Å²) in [6.07, 6.45) is 7.16. The van der Waals surface area contributed by atoms with Gasteiger partial charge in [0.25, 0.3) is 0 Å². The van der Waals surface area contributed by atoms with E-state index in [2.05, 4.69) is 37.2 Å². The zero-order chi connectivity index (χ0) is 26.6. The number of rotatable bonds is 8. The van der Waals surface area contributed by atoms with Gasteiger partial charge in [-0.2, -0.15) is 0 Å². The number of piperidine rings is 1. The average Bonchev–Trinajstić information content (AvgIpc) is 3.73. The summed E-state index contributed by atoms with van der Waals surface area (Å²) in [4.78, 5) is 23.9. The summed E-state index contributed by atoms with van der Waals surface area (Å²) in [6.45, 7) is 7.94. The van der Waals surface area contributed by atoms with Crippen LogP contribution in [0, 0.1) is 5.82 Å². The van der Waals surface area contributed by atoms with Gasteiger partial charge >= 0.3 is 6.03 Å². The van der Waals surface area contributed by atoms with Crippen molar-refractivity contribution in [1.29, 1.82) is 0 Å². The minimum Gasteiger partial charge on any atom is -0.353 e. The molecule has 2 aliphatic heterocycles. The Morgan fingerprint density at radius 1 is 1.13 bits per heavy atom. The lowest BCUT2D eigenvalue weighted by molar-refractivity contribution is 0.0607. The van der Waals surface area contributed by atoms with Crippen LogP contribution in [0.15, 0.2) is 30.5 Å². The molecular weight excluding hydrogens is 526 g/mol. The topological polar surface area (TPSA) is 63.7 Å². The molecule has 3 aliphatic rings. The van der Waals surface area contributed by atoms with Crippen molar-refractivity contribution in [3.05, 3.63) is 57.5 Å². The average molecular weight is 568 g/mol. The number of piperazine rings is 1. The number of carbonyl (C=O) groups is 1. The Morgan fingerprint density at radius 2 is 1.92 bits per heavy atom. The van der Waals surface area contributed by atoms with Gasteiger partial charge in [0.2, 0.25) is 0 Å². The Kier molecular flexibility index (Phi) is 8.93. The summed E-state index contributed by atoms with van der Waals surface area (Å²) < 4.78 is 14.3. The second kappa shape index (κ2) is 12.4. The summed E-state index contributed by atoms with van der Waals surface area (Å²) in [5.41, 5.74) is 1.60. The van der Waals surface area contributed by atoms with E-state index in [9.17, 15) is 9.18 Å². The zero-order valence-corrected chi connectivity index (χ0v) is 23.4. The number of likely N-dealkylation sites (tertiary alicyclic amines) is 1. The maximum absolute atomic E-state index is 14.3. The van der Waals surface area contributed by atoms with Crippen LogP contribution in [0.1, 0.15) is 53.0 Å². The number of aromatic nitrogens is 1. The number of urea groups is 1. The number of nitrogens with zero attached hydrogens (tertiary/aromatic N) is 4. The fourth-order valence-corrected chi connectivity index (χ4v) is 6.12. The Morgan fingerprint density at radius 3 is 2.61 bits per heavy atom. The fourth-order valence-electron chi connectivity index (χ4n) is 5.65. The second-order valence-electron chi connectivity index (χ2n) is 10.7. The highest BCUT2D eigenvalue weighted by Gasteiger charge is 2.34. The van der Waals surface area contributed by atoms with Crippen molar-refractivity contribution in [2.45, 2.75) is 70.2 Å². The van der Waals surface area contributed by atoms with Crippen LogP contribution in [0.25, 0.3) is 0 Å². The predicted octanol–water partition coefficient (Wildman–Crippen LogP) is 5.55. The lowest BCUT2D eigenvalue weighted by Crippen LogP contribution is -2.58. The Hall–Kier alpha value is -2.13. The monoisotopic (exact) mass is 566 g/mol. The summed E-state index contributed by atoms with van der Waals surface area (Å²) in [7, 11) is 0. The molecular formula is C28H41Cl2FN6O. The molecule has 3 heterocycles.